The molecule has 43 heavy (non-hydrogen) atoms. The molecule has 0 aliphatic heterocycles. The van der Waals surface area contributed by atoms with Crippen molar-refractivity contribution in [1.82, 2.24) is 10.2 Å². The third-order valence-electron chi connectivity index (χ3n) is 6.73. The SMILES string of the molecule is CC(C)NC(=O)C(Cc1ccccc1)N(Cc1ccccc1Cl)C(=O)CN(c1ccccc1)S(=O)(=O)c1ccc(Cl)cc1. The second-order valence-corrected chi connectivity index (χ2v) is 13.0. The Kier molecular flexibility index (Phi) is 10.9. The third-order valence-corrected chi connectivity index (χ3v) is 9.13. The minimum absolute atomic E-state index is 0.00879. The fraction of sp³-hybridized carbons (Fsp3) is 0.212. The number of nitrogens with zero attached hydrogens (tertiary/aromatic N) is 2. The fourth-order valence-corrected chi connectivity index (χ4v) is 6.34. The molecular formula is C33H33Cl2N3O4S. The van der Waals surface area contributed by atoms with E-state index in [1.807, 2.05) is 44.2 Å². The highest BCUT2D eigenvalue weighted by molar-refractivity contribution is 7.92. The van der Waals surface area contributed by atoms with Gasteiger partial charge in [-0.1, -0.05) is 89.9 Å². The van der Waals surface area contributed by atoms with Gasteiger partial charge in [0.25, 0.3) is 10.0 Å². The topological polar surface area (TPSA) is 86.8 Å². The first kappa shape index (κ1) is 32.1. The van der Waals surface area contributed by atoms with E-state index in [-0.39, 0.29) is 29.8 Å². The summed E-state index contributed by atoms with van der Waals surface area (Å²) in [7, 11) is -4.20. The van der Waals surface area contributed by atoms with Gasteiger partial charge in [0.2, 0.25) is 11.8 Å². The quantitative estimate of drug-likeness (QED) is 0.196. The molecule has 1 N–H and O–H groups in total. The maximum atomic E-state index is 14.4. The summed E-state index contributed by atoms with van der Waals surface area (Å²) >= 11 is 12.5. The van der Waals surface area contributed by atoms with Crippen LogP contribution in [-0.2, 0) is 32.6 Å². The molecule has 0 radical (unpaired) electrons. The zero-order valence-corrected chi connectivity index (χ0v) is 26.2. The van der Waals surface area contributed by atoms with Gasteiger partial charge in [-0.3, -0.25) is 13.9 Å². The zero-order valence-electron chi connectivity index (χ0n) is 23.9. The number of halogens is 2. The Bertz CT molecular complexity index is 1630. The Morgan fingerprint density at radius 2 is 1.37 bits per heavy atom. The number of benzene rings is 4. The fourth-order valence-electron chi connectivity index (χ4n) is 4.60. The summed E-state index contributed by atoms with van der Waals surface area (Å²) in [6, 6.07) is 29.4. The Hall–Kier alpha value is -3.85. The lowest BCUT2D eigenvalue weighted by atomic mass is 10.0. The van der Waals surface area contributed by atoms with E-state index < -0.39 is 28.5 Å². The molecule has 7 nitrogen and oxygen atoms in total. The highest BCUT2D eigenvalue weighted by Gasteiger charge is 2.35. The van der Waals surface area contributed by atoms with Crippen LogP contribution in [0.5, 0.6) is 0 Å². The van der Waals surface area contributed by atoms with Crippen molar-refractivity contribution in [3.8, 4) is 0 Å². The number of hydrogen-bond acceptors (Lipinski definition) is 4. The molecule has 1 atom stereocenters. The second kappa shape index (κ2) is 14.6. The molecule has 4 aromatic rings. The van der Waals surface area contributed by atoms with Crippen LogP contribution in [0.3, 0.4) is 0 Å². The lowest BCUT2D eigenvalue weighted by molar-refractivity contribution is -0.140. The number of sulfonamides is 1. The van der Waals surface area contributed by atoms with E-state index >= 15 is 0 Å². The average Bonchev–Trinajstić information content (AvgIpc) is 2.99. The van der Waals surface area contributed by atoms with Crippen LogP contribution in [0.1, 0.15) is 25.0 Å². The molecule has 4 aromatic carbocycles. The van der Waals surface area contributed by atoms with Crippen molar-refractivity contribution in [3.63, 3.8) is 0 Å². The van der Waals surface area contributed by atoms with Crippen LogP contribution < -0.4 is 9.62 Å². The van der Waals surface area contributed by atoms with Gasteiger partial charge in [-0.2, -0.15) is 0 Å². The van der Waals surface area contributed by atoms with Crippen LogP contribution in [-0.4, -0.2) is 43.8 Å². The molecule has 0 saturated heterocycles. The first-order valence-electron chi connectivity index (χ1n) is 13.8. The Balaban J connectivity index is 1.79. The number of hydrogen-bond donors (Lipinski definition) is 1. The van der Waals surface area contributed by atoms with Crippen molar-refractivity contribution in [2.45, 2.75) is 43.8 Å². The summed E-state index contributed by atoms with van der Waals surface area (Å²) in [4.78, 5) is 29.5. The number of para-hydroxylation sites is 1. The first-order valence-corrected chi connectivity index (χ1v) is 16.0. The maximum Gasteiger partial charge on any atom is 0.264 e. The number of carbonyl (C=O) groups excluding carboxylic acids is 2. The van der Waals surface area contributed by atoms with E-state index in [1.54, 1.807) is 54.6 Å². The molecule has 0 aliphatic carbocycles. The van der Waals surface area contributed by atoms with E-state index in [9.17, 15) is 18.0 Å². The van der Waals surface area contributed by atoms with Gasteiger partial charge < -0.3 is 10.2 Å². The van der Waals surface area contributed by atoms with E-state index in [1.165, 1.54) is 29.2 Å². The lowest BCUT2D eigenvalue weighted by Crippen LogP contribution is -2.54. The van der Waals surface area contributed by atoms with E-state index in [0.717, 1.165) is 9.87 Å². The van der Waals surface area contributed by atoms with Gasteiger partial charge in [-0.25, -0.2) is 8.42 Å². The largest absolute Gasteiger partial charge is 0.352 e. The molecule has 0 saturated carbocycles. The monoisotopic (exact) mass is 637 g/mol. The summed E-state index contributed by atoms with van der Waals surface area (Å²) in [5.41, 5.74) is 1.77. The summed E-state index contributed by atoms with van der Waals surface area (Å²) in [5, 5.41) is 3.74. The number of amides is 2. The lowest BCUT2D eigenvalue weighted by Gasteiger charge is -2.34. The Morgan fingerprint density at radius 3 is 1.98 bits per heavy atom. The summed E-state index contributed by atoms with van der Waals surface area (Å²) in [6.07, 6.45) is 0.213. The number of anilines is 1. The molecule has 0 aromatic heterocycles. The molecule has 2 amide bonds. The maximum absolute atomic E-state index is 14.4. The minimum Gasteiger partial charge on any atom is -0.352 e. The molecule has 0 aliphatic rings. The van der Waals surface area contributed by atoms with Crippen LogP contribution in [0.15, 0.2) is 114 Å². The van der Waals surface area contributed by atoms with Crippen LogP contribution >= 0.6 is 23.2 Å². The van der Waals surface area contributed by atoms with Gasteiger partial charge >= 0.3 is 0 Å². The van der Waals surface area contributed by atoms with Crippen molar-refractivity contribution in [2.75, 3.05) is 10.8 Å². The van der Waals surface area contributed by atoms with Crippen molar-refractivity contribution >= 4 is 50.7 Å². The third kappa shape index (κ3) is 8.38. The van der Waals surface area contributed by atoms with Crippen molar-refractivity contribution in [1.29, 1.82) is 0 Å². The van der Waals surface area contributed by atoms with Crippen LogP contribution in [0.4, 0.5) is 5.69 Å². The Labute approximate surface area is 263 Å². The smallest absolute Gasteiger partial charge is 0.264 e. The van der Waals surface area contributed by atoms with Gasteiger partial charge in [0.1, 0.15) is 12.6 Å². The van der Waals surface area contributed by atoms with E-state index in [2.05, 4.69) is 5.32 Å². The minimum atomic E-state index is -4.20. The average molecular weight is 639 g/mol. The van der Waals surface area contributed by atoms with Crippen molar-refractivity contribution in [3.05, 3.63) is 130 Å². The molecule has 10 heteroatoms. The first-order chi connectivity index (χ1) is 20.6. The summed E-state index contributed by atoms with van der Waals surface area (Å²) in [5.74, 6) is -0.924. The highest BCUT2D eigenvalue weighted by Crippen LogP contribution is 2.26. The van der Waals surface area contributed by atoms with Gasteiger partial charge in [-0.15, -0.1) is 0 Å². The van der Waals surface area contributed by atoms with Crippen LogP contribution in [0, 0.1) is 0 Å². The zero-order chi connectivity index (χ0) is 31.0. The van der Waals surface area contributed by atoms with Crippen LogP contribution in [0.2, 0.25) is 10.0 Å². The van der Waals surface area contributed by atoms with Gasteiger partial charge in [0, 0.05) is 29.1 Å². The highest BCUT2D eigenvalue weighted by atomic mass is 35.5. The predicted molar refractivity (Wildman–Crippen MR) is 172 cm³/mol. The molecule has 0 bridgehead atoms. The molecule has 0 fully saturated rings. The molecular weight excluding hydrogens is 605 g/mol. The summed E-state index contributed by atoms with van der Waals surface area (Å²) in [6.45, 7) is 3.12. The standard InChI is InChI=1S/C33H33Cl2N3O4S/c1-24(2)36-33(40)31(21-25-11-5-3-6-12-25)37(22-26-13-9-10-16-30(26)35)32(39)23-38(28-14-7-4-8-15-28)43(41,42)29-19-17-27(34)18-20-29/h3-20,24,31H,21-23H2,1-2H3,(H,36,40). The van der Waals surface area contributed by atoms with E-state index in [4.69, 9.17) is 23.2 Å². The Morgan fingerprint density at radius 1 is 0.791 bits per heavy atom. The number of nitrogens with one attached hydrogen (secondary N) is 1. The van der Waals surface area contributed by atoms with Crippen LogP contribution in [0.25, 0.3) is 0 Å². The normalized spacial score (nSPS) is 12.0. The second-order valence-electron chi connectivity index (χ2n) is 10.3. The van der Waals surface area contributed by atoms with Gasteiger partial charge in [-0.05, 0) is 67.4 Å². The van der Waals surface area contributed by atoms with Crippen molar-refractivity contribution < 1.29 is 18.0 Å². The molecule has 224 valence electrons. The van der Waals surface area contributed by atoms with Crippen molar-refractivity contribution in [2.24, 2.45) is 0 Å². The molecule has 4 rings (SSSR count). The molecule has 0 spiro atoms. The summed E-state index contributed by atoms with van der Waals surface area (Å²) < 4.78 is 29.0. The molecule has 1 unspecified atom stereocenters. The predicted octanol–water partition coefficient (Wildman–Crippen LogP) is 6.35. The molecule has 0 heterocycles. The van der Waals surface area contributed by atoms with E-state index in [0.29, 0.717) is 21.3 Å². The van der Waals surface area contributed by atoms with Gasteiger partial charge in [0.15, 0.2) is 0 Å². The number of rotatable bonds is 12. The number of carbonyl (C=O) groups is 2. The van der Waals surface area contributed by atoms with Gasteiger partial charge in [0.05, 0.1) is 10.6 Å².